The molecule has 0 saturated heterocycles. The van der Waals surface area contributed by atoms with Crippen LogP contribution in [0, 0.1) is 13.8 Å². The van der Waals surface area contributed by atoms with E-state index in [1.54, 1.807) is 18.6 Å². The highest BCUT2D eigenvalue weighted by molar-refractivity contribution is 5.61. The number of hydrogen-bond acceptors (Lipinski definition) is 5. The zero-order valence-electron chi connectivity index (χ0n) is 17.2. The minimum atomic E-state index is 0.528. The summed E-state index contributed by atoms with van der Waals surface area (Å²) in [6, 6.07) is 21.4. The van der Waals surface area contributed by atoms with Crippen molar-refractivity contribution in [3.63, 3.8) is 0 Å². The van der Waals surface area contributed by atoms with Gasteiger partial charge in [-0.25, -0.2) is 9.67 Å². The number of benzene rings is 2. The smallest absolute Gasteiger partial charge is 0.226 e. The Morgan fingerprint density at radius 1 is 0.839 bits per heavy atom. The molecule has 0 radical (unpaired) electrons. The van der Waals surface area contributed by atoms with Crippen LogP contribution in [0.5, 0.6) is 11.5 Å². The molecule has 3 aromatic heterocycles. The molecule has 0 spiro atoms. The van der Waals surface area contributed by atoms with Crippen LogP contribution in [0.15, 0.2) is 89.7 Å². The average Bonchev–Trinajstić information content (AvgIpc) is 3.41. The van der Waals surface area contributed by atoms with Crippen molar-refractivity contribution in [3.05, 3.63) is 96.7 Å². The van der Waals surface area contributed by atoms with Gasteiger partial charge in [0, 0.05) is 35.3 Å². The summed E-state index contributed by atoms with van der Waals surface area (Å²) in [6.45, 7) is 4.02. The first kappa shape index (κ1) is 18.8. The number of ether oxygens (including phenoxy) is 1. The zero-order valence-corrected chi connectivity index (χ0v) is 17.2. The minimum Gasteiger partial charge on any atom is -0.457 e. The Hall–Kier alpha value is -4.19. The molecule has 5 rings (SSSR count). The highest BCUT2D eigenvalue weighted by atomic mass is 16.5. The van der Waals surface area contributed by atoms with Gasteiger partial charge in [0.2, 0.25) is 5.89 Å². The van der Waals surface area contributed by atoms with Gasteiger partial charge in [0.25, 0.3) is 0 Å². The second-order valence-corrected chi connectivity index (χ2v) is 7.24. The quantitative estimate of drug-likeness (QED) is 0.357. The van der Waals surface area contributed by atoms with Gasteiger partial charge in [0.15, 0.2) is 5.76 Å². The average molecular weight is 408 g/mol. The first-order valence-corrected chi connectivity index (χ1v) is 9.94. The largest absolute Gasteiger partial charge is 0.457 e. The van der Waals surface area contributed by atoms with Crippen molar-refractivity contribution in [1.29, 1.82) is 0 Å². The maximum atomic E-state index is 6.12. The van der Waals surface area contributed by atoms with Crippen molar-refractivity contribution >= 4 is 0 Å². The van der Waals surface area contributed by atoms with E-state index >= 15 is 0 Å². The van der Waals surface area contributed by atoms with E-state index in [1.807, 2.05) is 85.3 Å². The second kappa shape index (κ2) is 7.91. The lowest BCUT2D eigenvalue weighted by Gasteiger charge is -2.09. The Kier molecular flexibility index (Phi) is 4.80. The van der Waals surface area contributed by atoms with E-state index in [2.05, 4.69) is 15.1 Å². The molecule has 2 aromatic carbocycles. The van der Waals surface area contributed by atoms with Crippen molar-refractivity contribution in [2.75, 3.05) is 0 Å². The summed E-state index contributed by atoms with van der Waals surface area (Å²) >= 11 is 0. The van der Waals surface area contributed by atoms with Crippen LogP contribution in [0.2, 0.25) is 0 Å². The Morgan fingerprint density at radius 2 is 1.65 bits per heavy atom. The Balaban J connectivity index is 1.40. The monoisotopic (exact) mass is 408 g/mol. The topological polar surface area (TPSA) is 66.0 Å². The van der Waals surface area contributed by atoms with Gasteiger partial charge in [-0.2, -0.15) is 5.10 Å². The van der Waals surface area contributed by atoms with Crippen molar-refractivity contribution in [2.45, 2.75) is 13.8 Å². The molecule has 0 aliphatic carbocycles. The fraction of sp³-hybridized carbons (Fsp3) is 0.0800. The Bertz CT molecular complexity index is 1340. The zero-order chi connectivity index (χ0) is 21.2. The lowest BCUT2D eigenvalue weighted by atomic mass is 10.2. The van der Waals surface area contributed by atoms with Gasteiger partial charge in [-0.1, -0.05) is 12.1 Å². The normalized spacial score (nSPS) is 10.9. The van der Waals surface area contributed by atoms with Crippen LogP contribution in [0.25, 0.3) is 28.5 Å². The van der Waals surface area contributed by atoms with Gasteiger partial charge in [-0.05, 0) is 62.4 Å². The van der Waals surface area contributed by atoms with Crippen LogP contribution in [0.4, 0.5) is 0 Å². The number of nitrogens with zero attached hydrogens (tertiary/aromatic N) is 4. The number of oxazole rings is 1. The van der Waals surface area contributed by atoms with Crippen LogP contribution >= 0.6 is 0 Å². The number of rotatable bonds is 5. The summed E-state index contributed by atoms with van der Waals surface area (Å²) in [5.74, 6) is 2.63. The van der Waals surface area contributed by atoms with E-state index in [1.165, 1.54) is 0 Å². The molecule has 0 aliphatic heterocycles. The maximum absolute atomic E-state index is 6.12. The van der Waals surface area contributed by atoms with Crippen LogP contribution < -0.4 is 4.74 Å². The molecule has 6 nitrogen and oxygen atoms in total. The fourth-order valence-electron chi connectivity index (χ4n) is 3.45. The van der Waals surface area contributed by atoms with Gasteiger partial charge >= 0.3 is 0 Å². The predicted molar refractivity (Wildman–Crippen MR) is 118 cm³/mol. The standard InChI is InChI=1S/C25H20N4O2/c1-17-12-18(2)29(28-17)21-8-4-10-23(14-21)30-22-9-3-6-19(13-22)25-27-16-24(31-25)20-7-5-11-26-15-20/h3-16H,1-2H3. The third-order valence-corrected chi connectivity index (χ3v) is 4.84. The van der Waals surface area contributed by atoms with E-state index in [4.69, 9.17) is 9.15 Å². The van der Waals surface area contributed by atoms with Crippen LogP contribution in [0.1, 0.15) is 11.4 Å². The van der Waals surface area contributed by atoms with E-state index in [0.717, 1.165) is 34.0 Å². The van der Waals surface area contributed by atoms with Crippen molar-refractivity contribution in [2.24, 2.45) is 0 Å². The molecule has 0 unspecified atom stereocenters. The Labute approximate surface area is 179 Å². The first-order chi connectivity index (χ1) is 15.2. The van der Waals surface area contributed by atoms with Gasteiger partial charge in [-0.15, -0.1) is 0 Å². The molecule has 0 amide bonds. The van der Waals surface area contributed by atoms with Crippen LogP contribution in [-0.4, -0.2) is 19.7 Å². The van der Waals surface area contributed by atoms with Crippen molar-refractivity contribution in [1.82, 2.24) is 19.7 Å². The summed E-state index contributed by atoms with van der Waals surface area (Å²) < 4.78 is 14.0. The predicted octanol–water partition coefficient (Wildman–Crippen LogP) is 6.00. The van der Waals surface area contributed by atoms with Crippen molar-refractivity contribution < 1.29 is 9.15 Å². The summed E-state index contributed by atoms with van der Waals surface area (Å²) in [7, 11) is 0. The summed E-state index contributed by atoms with van der Waals surface area (Å²) in [4.78, 5) is 8.54. The SMILES string of the molecule is Cc1cc(C)n(-c2cccc(Oc3cccc(-c4ncc(-c5cccnc5)o4)c3)c2)n1. The third kappa shape index (κ3) is 3.96. The molecule has 0 saturated carbocycles. The number of aromatic nitrogens is 4. The fourth-order valence-corrected chi connectivity index (χ4v) is 3.45. The molecular weight excluding hydrogens is 388 g/mol. The number of aryl methyl sites for hydroxylation is 2. The van der Waals surface area contributed by atoms with E-state index in [9.17, 15) is 0 Å². The van der Waals surface area contributed by atoms with E-state index in [0.29, 0.717) is 17.4 Å². The summed E-state index contributed by atoms with van der Waals surface area (Å²) in [6.07, 6.45) is 5.18. The summed E-state index contributed by atoms with van der Waals surface area (Å²) in [5.41, 5.74) is 4.73. The Morgan fingerprint density at radius 3 is 2.42 bits per heavy atom. The molecule has 0 aliphatic rings. The minimum absolute atomic E-state index is 0.528. The molecule has 31 heavy (non-hydrogen) atoms. The van der Waals surface area contributed by atoms with Gasteiger partial charge in [0.1, 0.15) is 11.5 Å². The number of pyridine rings is 1. The van der Waals surface area contributed by atoms with Gasteiger partial charge in [0.05, 0.1) is 17.6 Å². The van der Waals surface area contributed by atoms with Crippen molar-refractivity contribution in [3.8, 4) is 40.0 Å². The molecule has 0 atom stereocenters. The molecule has 0 fully saturated rings. The molecule has 0 bridgehead atoms. The number of hydrogen-bond donors (Lipinski definition) is 0. The first-order valence-electron chi connectivity index (χ1n) is 9.94. The van der Waals surface area contributed by atoms with Gasteiger partial charge < -0.3 is 9.15 Å². The molecule has 5 aromatic rings. The molecule has 152 valence electrons. The highest BCUT2D eigenvalue weighted by Crippen LogP contribution is 2.30. The van der Waals surface area contributed by atoms with Gasteiger partial charge in [-0.3, -0.25) is 4.98 Å². The second-order valence-electron chi connectivity index (χ2n) is 7.24. The lowest BCUT2D eigenvalue weighted by molar-refractivity contribution is 0.482. The van der Waals surface area contributed by atoms with Crippen LogP contribution in [-0.2, 0) is 0 Å². The third-order valence-electron chi connectivity index (χ3n) is 4.84. The molecule has 6 heteroatoms. The molecule has 0 N–H and O–H groups in total. The van der Waals surface area contributed by atoms with Crippen LogP contribution in [0.3, 0.4) is 0 Å². The highest BCUT2D eigenvalue weighted by Gasteiger charge is 2.10. The maximum Gasteiger partial charge on any atom is 0.226 e. The summed E-state index contributed by atoms with van der Waals surface area (Å²) in [5, 5.41) is 4.55. The molecule has 3 heterocycles. The van der Waals surface area contributed by atoms with E-state index in [-0.39, 0.29) is 0 Å². The molecular formula is C25H20N4O2. The lowest BCUT2D eigenvalue weighted by Crippen LogP contribution is -1.99. The van der Waals surface area contributed by atoms with E-state index < -0.39 is 0 Å².